The van der Waals surface area contributed by atoms with E-state index in [1.165, 1.54) is 22.5 Å². The second-order valence-corrected chi connectivity index (χ2v) is 9.83. The highest BCUT2D eigenvalue weighted by molar-refractivity contribution is 7.89. The molecule has 162 valence electrons. The predicted molar refractivity (Wildman–Crippen MR) is 116 cm³/mol. The molecule has 30 heavy (non-hydrogen) atoms. The van der Waals surface area contributed by atoms with Crippen LogP contribution in [0.15, 0.2) is 47.4 Å². The molecule has 0 aromatic heterocycles. The van der Waals surface area contributed by atoms with Crippen LogP contribution in [0.25, 0.3) is 0 Å². The molecule has 6 nitrogen and oxygen atoms in total. The number of nitrogens with zero attached hydrogens (tertiary/aromatic N) is 1. The molecule has 0 radical (unpaired) electrons. The van der Waals surface area contributed by atoms with E-state index in [0.717, 1.165) is 11.3 Å². The lowest BCUT2D eigenvalue weighted by molar-refractivity contribution is -0.150. The number of benzene rings is 2. The van der Waals surface area contributed by atoms with Gasteiger partial charge in [-0.25, -0.2) is 8.42 Å². The number of rotatable bonds is 7. The van der Waals surface area contributed by atoms with Gasteiger partial charge in [-0.3, -0.25) is 4.79 Å². The van der Waals surface area contributed by atoms with Crippen LogP contribution in [0.3, 0.4) is 0 Å². The van der Waals surface area contributed by atoms with Crippen LogP contribution in [-0.4, -0.2) is 45.0 Å². The summed E-state index contributed by atoms with van der Waals surface area (Å²) in [5.74, 6) is 0.0424. The molecule has 0 unspecified atom stereocenters. The van der Waals surface area contributed by atoms with Crippen molar-refractivity contribution in [3.8, 4) is 5.75 Å². The third kappa shape index (κ3) is 5.66. The van der Waals surface area contributed by atoms with Crippen molar-refractivity contribution in [1.29, 1.82) is 0 Å². The Morgan fingerprint density at radius 3 is 2.40 bits per heavy atom. The van der Waals surface area contributed by atoms with Crippen molar-refractivity contribution in [2.24, 2.45) is 5.92 Å². The van der Waals surface area contributed by atoms with Crippen LogP contribution in [0, 0.1) is 12.8 Å². The lowest BCUT2D eigenvalue weighted by Crippen LogP contribution is -2.40. The van der Waals surface area contributed by atoms with Gasteiger partial charge in [0.05, 0.1) is 10.9 Å². The summed E-state index contributed by atoms with van der Waals surface area (Å²) >= 11 is 12.0. The molecule has 2 aromatic rings. The van der Waals surface area contributed by atoms with Crippen molar-refractivity contribution in [2.45, 2.75) is 24.7 Å². The summed E-state index contributed by atoms with van der Waals surface area (Å²) in [5, 5.41) is 0.416. The maximum absolute atomic E-state index is 12.9. The first-order valence-electron chi connectivity index (χ1n) is 9.58. The normalized spacial score (nSPS) is 15.7. The van der Waals surface area contributed by atoms with Crippen molar-refractivity contribution in [1.82, 2.24) is 4.31 Å². The monoisotopic (exact) mass is 471 g/mol. The average molecular weight is 472 g/mol. The molecule has 1 aliphatic rings. The number of hydrogen-bond donors (Lipinski definition) is 0. The zero-order valence-electron chi connectivity index (χ0n) is 16.5. The average Bonchev–Trinajstić information content (AvgIpc) is 2.74. The van der Waals surface area contributed by atoms with Gasteiger partial charge in [-0.05, 0) is 50.1 Å². The van der Waals surface area contributed by atoms with Gasteiger partial charge in [0.25, 0.3) is 0 Å². The number of halogens is 2. The van der Waals surface area contributed by atoms with Gasteiger partial charge >= 0.3 is 5.97 Å². The lowest BCUT2D eigenvalue weighted by Gasteiger charge is -2.30. The second-order valence-electron chi connectivity index (χ2n) is 7.08. The Morgan fingerprint density at radius 1 is 1.07 bits per heavy atom. The number of esters is 1. The van der Waals surface area contributed by atoms with Crippen LogP contribution >= 0.6 is 23.2 Å². The summed E-state index contributed by atoms with van der Waals surface area (Å²) in [6, 6.07) is 11.9. The molecule has 1 fully saturated rings. The molecule has 1 saturated heterocycles. The van der Waals surface area contributed by atoms with Crippen molar-refractivity contribution in [3.05, 3.63) is 58.1 Å². The van der Waals surface area contributed by atoms with Crippen LogP contribution < -0.4 is 4.74 Å². The Balaban J connectivity index is 1.47. The number of carbonyl (C=O) groups excluding carboxylic acids is 1. The van der Waals surface area contributed by atoms with Gasteiger partial charge in [-0.15, -0.1) is 0 Å². The van der Waals surface area contributed by atoms with E-state index in [1.54, 1.807) is 0 Å². The number of ether oxygens (including phenoxy) is 2. The summed E-state index contributed by atoms with van der Waals surface area (Å²) < 4.78 is 37.9. The van der Waals surface area contributed by atoms with E-state index in [2.05, 4.69) is 0 Å². The Morgan fingerprint density at radius 2 is 1.73 bits per heavy atom. The molecule has 2 aromatic carbocycles. The van der Waals surface area contributed by atoms with E-state index in [0.29, 0.717) is 17.9 Å². The maximum Gasteiger partial charge on any atom is 0.309 e. The standard InChI is InChI=1S/C21H23Cl2NO5S/c1-15-2-5-18(6-3-15)28-12-13-29-21(25)16-8-10-24(11-9-16)30(26,27)20-14-17(22)4-7-19(20)23/h2-7,14,16H,8-13H2,1H3. The van der Waals surface area contributed by atoms with Gasteiger partial charge < -0.3 is 9.47 Å². The molecule has 1 heterocycles. The minimum atomic E-state index is -3.77. The number of piperidine rings is 1. The fraction of sp³-hybridized carbons (Fsp3) is 0.381. The summed E-state index contributed by atoms with van der Waals surface area (Å²) in [4.78, 5) is 12.3. The second kappa shape index (κ2) is 10.0. The summed E-state index contributed by atoms with van der Waals surface area (Å²) in [6.45, 7) is 2.82. The van der Waals surface area contributed by atoms with Crippen LogP contribution in [0.2, 0.25) is 10.0 Å². The predicted octanol–water partition coefficient (Wildman–Crippen LogP) is 4.32. The molecule has 3 rings (SSSR count). The quantitative estimate of drug-likeness (QED) is 0.443. The minimum Gasteiger partial charge on any atom is -0.490 e. The number of carbonyl (C=O) groups is 1. The van der Waals surface area contributed by atoms with E-state index in [9.17, 15) is 13.2 Å². The molecule has 1 aliphatic heterocycles. The zero-order chi connectivity index (χ0) is 21.7. The van der Waals surface area contributed by atoms with E-state index >= 15 is 0 Å². The molecule has 0 saturated carbocycles. The van der Waals surface area contributed by atoms with Crippen LogP contribution in [0.1, 0.15) is 18.4 Å². The number of hydrogen-bond acceptors (Lipinski definition) is 5. The van der Waals surface area contributed by atoms with E-state index in [4.69, 9.17) is 32.7 Å². The number of aryl methyl sites for hydroxylation is 1. The molecular weight excluding hydrogens is 449 g/mol. The van der Waals surface area contributed by atoms with Gasteiger partial charge in [0.1, 0.15) is 23.9 Å². The summed E-state index contributed by atoms with van der Waals surface area (Å²) in [5.41, 5.74) is 1.14. The smallest absolute Gasteiger partial charge is 0.309 e. The number of sulfonamides is 1. The van der Waals surface area contributed by atoms with E-state index in [-0.39, 0.29) is 48.1 Å². The summed E-state index contributed by atoms with van der Waals surface area (Å²) in [7, 11) is -3.77. The van der Waals surface area contributed by atoms with Crippen molar-refractivity contribution < 1.29 is 22.7 Å². The third-order valence-electron chi connectivity index (χ3n) is 4.92. The lowest BCUT2D eigenvalue weighted by atomic mass is 9.98. The van der Waals surface area contributed by atoms with Crippen molar-refractivity contribution in [3.63, 3.8) is 0 Å². The first-order valence-corrected chi connectivity index (χ1v) is 11.8. The highest BCUT2D eigenvalue weighted by Crippen LogP contribution is 2.30. The molecule has 0 atom stereocenters. The molecule has 9 heteroatoms. The van der Waals surface area contributed by atoms with Gasteiger partial charge in [0, 0.05) is 18.1 Å². The fourth-order valence-electron chi connectivity index (χ4n) is 3.20. The van der Waals surface area contributed by atoms with Gasteiger partial charge in [0.15, 0.2) is 0 Å². The van der Waals surface area contributed by atoms with Gasteiger partial charge in [-0.2, -0.15) is 4.31 Å². The third-order valence-corrected chi connectivity index (χ3v) is 7.53. The maximum atomic E-state index is 12.9. The molecule has 0 amide bonds. The SMILES string of the molecule is Cc1ccc(OCCOC(=O)C2CCN(S(=O)(=O)c3cc(Cl)ccc3Cl)CC2)cc1. The molecule has 0 aliphatic carbocycles. The minimum absolute atomic E-state index is 0.0223. The molecule has 0 N–H and O–H groups in total. The van der Waals surface area contributed by atoms with Gasteiger partial charge in [-0.1, -0.05) is 40.9 Å². The molecule has 0 bridgehead atoms. The zero-order valence-corrected chi connectivity index (χ0v) is 18.8. The van der Waals surface area contributed by atoms with Crippen LogP contribution in [0.4, 0.5) is 0 Å². The van der Waals surface area contributed by atoms with Crippen molar-refractivity contribution in [2.75, 3.05) is 26.3 Å². The molecular formula is C21H23Cl2NO5S. The Bertz CT molecular complexity index is 987. The van der Waals surface area contributed by atoms with E-state index < -0.39 is 10.0 Å². The van der Waals surface area contributed by atoms with E-state index in [1.807, 2.05) is 31.2 Å². The first kappa shape index (κ1) is 22.9. The summed E-state index contributed by atoms with van der Waals surface area (Å²) in [6.07, 6.45) is 0.768. The molecule has 0 spiro atoms. The fourth-order valence-corrected chi connectivity index (χ4v) is 5.41. The Hall–Kier alpha value is -1.80. The Kier molecular flexibility index (Phi) is 7.63. The van der Waals surface area contributed by atoms with Crippen LogP contribution in [-0.2, 0) is 19.6 Å². The van der Waals surface area contributed by atoms with Gasteiger partial charge in [0.2, 0.25) is 10.0 Å². The Labute approximate surface area is 186 Å². The highest BCUT2D eigenvalue weighted by Gasteiger charge is 2.33. The highest BCUT2D eigenvalue weighted by atomic mass is 35.5. The first-order chi connectivity index (χ1) is 14.3. The van der Waals surface area contributed by atoms with Crippen molar-refractivity contribution >= 4 is 39.2 Å². The largest absolute Gasteiger partial charge is 0.490 e. The van der Waals surface area contributed by atoms with Crippen LogP contribution in [0.5, 0.6) is 5.75 Å². The topological polar surface area (TPSA) is 72.9 Å².